The molecule has 0 saturated carbocycles. The van der Waals surface area contributed by atoms with Gasteiger partial charge in [-0.15, -0.1) is 0 Å². The fraction of sp³-hybridized carbons (Fsp3) is 0.105. The molecule has 1 N–H and O–H groups in total. The number of carbonyl (C=O) groups is 1. The van der Waals surface area contributed by atoms with Crippen LogP contribution in [0.4, 0.5) is 0 Å². The van der Waals surface area contributed by atoms with Crippen molar-refractivity contribution in [1.29, 1.82) is 0 Å². The third kappa shape index (κ3) is 3.46. The molecule has 0 bridgehead atoms. The van der Waals surface area contributed by atoms with Gasteiger partial charge in [0, 0.05) is 11.6 Å². The first-order valence-electron chi connectivity index (χ1n) is 7.20. The molecule has 0 aliphatic heterocycles. The van der Waals surface area contributed by atoms with Gasteiger partial charge in [-0.1, -0.05) is 66.2 Å². The van der Waals surface area contributed by atoms with E-state index in [2.05, 4.69) is 23.5 Å². The van der Waals surface area contributed by atoms with Crippen LogP contribution in [0.5, 0.6) is 0 Å². The predicted octanol–water partition coefficient (Wildman–Crippen LogP) is 4.35. The number of benzene rings is 3. The van der Waals surface area contributed by atoms with Crippen molar-refractivity contribution in [1.82, 2.24) is 5.32 Å². The standard InChI is InChI=1S/C19H16ClNO/c20-17-10-8-14(9-11-17)12-19(22)21-13-16-6-3-5-15-4-1-2-7-18(15)16/h1-11H,12-13H2,(H,21,22). The van der Waals surface area contributed by atoms with Crippen LogP contribution in [0, 0.1) is 0 Å². The van der Waals surface area contributed by atoms with Crippen molar-refractivity contribution in [3.05, 3.63) is 82.9 Å². The molecule has 0 atom stereocenters. The van der Waals surface area contributed by atoms with Gasteiger partial charge in [-0.25, -0.2) is 0 Å². The zero-order valence-corrected chi connectivity index (χ0v) is 12.8. The van der Waals surface area contributed by atoms with E-state index < -0.39 is 0 Å². The predicted molar refractivity (Wildman–Crippen MR) is 91.0 cm³/mol. The minimum atomic E-state index is 0.00950. The average Bonchev–Trinajstić information content (AvgIpc) is 2.55. The van der Waals surface area contributed by atoms with Crippen LogP contribution >= 0.6 is 11.6 Å². The summed E-state index contributed by atoms with van der Waals surface area (Å²) in [6.45, 7) is 0.535. The van der Waals surface area contributed by atoms with E-state index in [0.29, 0.717) is 18.0 Å². The van der Waals surface area contributed by atoms with Crippen LogP contribution in [-0.4, -0.2) is 5.91 Å². The zero-order chi connectivity index (χ0) is 15.4. The fourth-order valence-corrected chi connectivity index (χ4v) is 2.62. The summed E-state index contributed by atoms with van der Waals surface area (Å²) >= 11 is 5.84. The highest BCUT2D eigenvalue weighted by molar-refractivity contribution is 6.30. The third-order valence-electron chi connectivity index (χ3n) is 3.63. The Bertz CT molecular complexity index is 791. The molecule has 0 aliphatic carbocycles. The summed E-state index contributed by atoms with van der Waals surface area (Å²) < 4.78 is 0. The van der Waals surface area contributed by atoms with Crippen LogP contribution in [0.25, 0.3) is 10.8 Å². The molecule has 3 heteroatoms. The Morgan fingerprint density at radius 3 is 2.45 bits per heavy atom. The van der Waals surface area contributed by atoms with Crippen LogP contribution in [0.1, 0.15) is 11.1 Å². The lowest BCUT2D eigenvalue weighted by Gasteiger charge is -2.08. The molecule has 3 aromatic rings. The molecule has 0 aliphatic rings. The van der Waals surface area contributed by atoms with Crippen molar-refractivity contribution in [2.24, 2.45) is 0 Å². The lowest BCUT2D eigenvalue weighted by molar-refractivity contribution is -0.120. The van der Waals surface area contributed by atoms with Gasteiger partial charge in [0.2, 0.25) is 5.91 Å². The Morgan fingerprint density at radius 2 is 1.64 bits per heavy atom. The quantitative estimate of drug-likeness (QED) is 0.762. The second-order valence-corrected chi connectivity index (χ2v) is 5.65. The highest BCUT2D eigenvalue weighted by Crippen LogP contribution is 2.18. The number of amides is 1. The van der Waals surface area contributed by atoms with E-state index in [9.17, 15) is 4.79 Å². The summed E-state index contributed by atoms with van der Waals surface area (Å²) in [4.78, 5) is 12.1. The van der Waals surface area contributed by atoms with Gasteiger partial charge in [0.05, 0.1) is 6.42 Å². The third-order valence-corrected chi connectivity index (χ3v) is 3.89. The number of carbonyl (C=O) groups excluding carboxylic acids is 1. The Morgan fingerprint density at radius 1 is 0.909 bits per heavy atom. The molecule has 2 nitrogen and oxygen atoms in total. The number of hydrogen-bond donors (Lipinski definition) is 1. The SMILES string of the molecule is O=C(Cc1ccc(Cl)cc1)NCc1cccc2ccccc12. The van der Waals surface area contributed by atoms with Crippen LogP contribution in [0.2, 0.25) is 5.02 Å². The largest absolute Gasteiger partial charge is 0.352 e. The van der Waals surface area contributed by atoms with Gasteiger partial charge in [0.25, 0.3) is 0 Å². The van der Waals surface area contributed by atoms with Crippen molar-refractivity contribution >= 4 is 28.3 Å². The highest BCUT2D eigenvalue weighted by atomic mass is 35.5. The number of rotatable bonds is 4. The fourth-order valence-electron chi connectivity index (χ4n) is 2.49. The average molecular weight is 310 g/mol. The van der Waals surface area contributed by atoms with Crippen molar-refractivity contribution in [2.45, 2.75) is 13.0 Å². The lowest BCUT2D eigenvalue weighted by atomic mass is 10.0. The van der Waals surface area contributed by atoms with Crippen LogP contribution in [0.15, 0.2) is 66.7 Å². The maximum absolute atomic E-state index is 12.1. The molecular weight excluding hydrogens is 294 g/mol. The van der Waals surface area contributed by atoms with E-state index in [1.54, 1.807) is 12.1 Å². The Labute approximate surface area is 134 Å². The number of hydrogen-bond acceptors (Lipinski definition) is 1. The van der Waals surface area contributed by atoms with E-state index >= 15 is 0 Å². The molecule has 0 spiro atoms. The van der Waals surface area contributed by atoms with E-state index in [0.717, 1.165) is 11.1 Å². The van der Waals surface area contributed by atoms with Gasteiger partial charge in [0.1, 0.15) is 0 Å². The normalized spacial score (nSPS) is 10.6. The molecule has 3 rings (SSSR count). The Balaban J connectivity index is 1.66. The Hall–Kier alpha value is -2.32. The van der Waals surface area contributed by atoms with Crippen LogP contribution < -0.4 is 5.32 Å². The monoisotopic (exact) mass is 309 g/mol. The number of halogens is 1. The first-order valence-corrected chi connectivity index (χ1v) is 7.58. The maximum atomic E-state index is 12.1. The molecule has 0 saturated heterocycles. The van der Waals surface area contributed by atoms with E-state index in [-0.39, 0.29) is 5.91 Å². The molecule has 22 heavy (non-hydrogen) atoms. The number of nitrogens with one attached hydrogen (secondary N) is 1. The first-order chi connectivity index (χ1) is 10.7. The molecule has 3 aromatic carbocycles. The Kier molecular flexibility index (Phi) is 4.40. The van der Waals surface area contributed by atoms with Crippen molar-refractivity contribution in [2.75, 3.05) is 0 Å². The van der Waals surface area contributed by atoms with Gasteiger partial charge in [-0.05, 0) is 34.0 Å². The molecule has 0 heterocycles. The molecular formula is C19H16ClNO. The second-order valence-electron chi connectivity index (χ2n) is 5.22. The second kappa shape index (κ2) is 6.63. The van der Waals surface area contributed by atoms with E-state index in [1.165, 1.54) is 10.8 Å². The van der Waals surface area contributed by atoms with Gasteiger partial charge in [0.15, 0.2) is 0 Å². The van der Waals surface area contributed by atoms with Gasteiger partial charge in [-0.3, -0.25) is 4.79 Å². The molecule has 110 valence electrons. The summed E-state index contributed by atoms with van der Waals surface area (Å²) in [6, 6.07) is 21.7. The molecule has 0 aromatic heterocycles. The van der Waals surface area contributed by atoms with Crippen molar-refractivity contribution in [3.8, 4) is 0 Å². The van der Waals surface area contributed by atoms with Gasteiger partial charge in [-0.2, -0.15) is 0 Å². The smallest absolute Gasteiger partial charge is 0.224 e. The summed E-state index contributed by atoms with van der Waals surface area (Å²) in [7, 11) is 0. The maximum Gasteiger partial charge on any atom is 0.224 e. The van der Waals surface area contributed by atoms with E-state index in [1.807, 2.05) is 36.4 Å². The van der Waals surface area contributed by atoms with Crippen LogP contribution in [0.3, 0.4) is 0 Å². The summed E-state index contributed by atoms with van der Waals surface area (Å²) in [5, 5.41) is 6.03. The van der Waals surface area contributed by atoms with Crippen LogP contribution in [-0.2, 0) is 17.8 Å². The molecule has 0 fully saturated rings. The first kappa shape index (κ1) is 14.6. The molecule has 1 amide bonds. The highest BCUT2D eigenvalue weighted by Gasteiger charge is 2.05. The summed E-state index contributed by atoms with van der Waals surface area (Å²) in [6.07, 6.45) is 0.363. The lowest BCUT2D eigenvalue weighted by Crippen LogP contribution is -2.24. The minimum absolute atomic E-state index is 0.00950. The van der Waals surface area contributed by atoms with Gasteiger partial charge >= 0.3 is 0 Å². The topological polar surface area (TPSA) is 29.1 Å². The van der Waals surface area contributed by atoms with Crippen molar-refractivity contribution in [3.63, 3.8) is 0 Å². The van der Waals surface area contributed by atoms with E-state index in [4.69, 9.17) is 11.6 Å². The summed E-state index contributed by atoms with van der Waals surface area (Å²) in [5.41, 5.74) is 2.09. The molecule has 0 radical (unpaired) electrons. The summed E-state index contributed by atoms with van der Waals surface area (Å²) in [5.74, 6) is 0.00950. The minimum Gasteiger partial charge on any atom is -0.352 e. The van der Waals surface area contributed by atoms with Crippen molar-refractivity contribution < 1.29 is 4.79 Å². The zero-order valence-electron chi connectivity index (χ0n) is 12.1. The van der Waals surface area contributed by atoms with Gasteiger partial charge < -0.3 is 5.32 Å². The molecule has 0 unspecified atom stereocenters. The number of fused-ring (bicyclic) bond motifs is 1.